The van der Waals surface area contributed by atoms with Gasteiger partial charge in [-0.1, -0.05) is 35.9 Å². The summed E-state index contributed by atoms with van der Waals surface area (Å²) in [5.41, 5.74) is 4.26. The lowest BCUT2D eigenvalue weighted by Crippen LogP contribution is -2.14. The lowest BCUT2D eigenvalue weighted by Gasteiger charge is -2.14. The van der Waals surface area contributed by atoms with Crippen molar-refractivity contribution < 1.29 is 14.3 Å². The molecule has 1 amide bonds. The fraction of sp³-hybridized carbons (Fsp3) is 0.174. The molecular weight excluding hydrogens is 374 g/mol. The third-order valence-electron chi connectivity index (χ3n) is 4.62. The molecular formula is C23H22ClNO3. The van der Waals surface area contributed by atoms with E-state index in [9.17, 15) is 4.79 Å². The summed E-state index contributed by atoms with van der Waals surface area (Å²) in [7, 11) is 1.59. The SMILES string of the molecule is COc1ccc(C(=O)Nc2cccc(C)c2C)cc1COc1ccccc1Cl. The van der Waals surface area contributed by atoms with Crippen molar-refractivity contribution in [3.8, 4) is 11.5 Å². The number of halogens is 1. The Bertz CT molecular complexity index is 1000. The molecule has 0 unspecified atom stereocenters. The van der Waals surface area contributed by atoms with Gasteiger partial charge in [-0.3, -0.25) is 4.79 Å². The van der Waals surface area contributed by atoms with E-state index in [2.05, 4.69) is 5.32 Å². The van der Waals surface area contributed by atoms with E-state index in [1.165, 1.54) is 0 Å². The van der Waals surface area contributed by atoms with Gasteiger partial charge in [0.15, 0.2) is 0 Å². The Morgan fingerprint density at radius 1 is 1.00 bits per heavy atom. The summed E-state index contributed by atoms with van der Waals surface area (Å²) in [6.07, 6.45) is 0. The highest BCUT2D eigenvalue weighted by atomic mass is 35.5. The van der Waals surface area contributed by atoms with Crippen molar-refractivity contribution in [2.75, 3.05) is 12.4 Å². The Kier molecular flexibility index (Phi) is 6.22. The van der Waals surface area contributed by atoms with E-state index in [-0.39, 0.29) is 12.5 Å². The molecule has 0 fully saturated rings. The topological polar surface area (TPSA) is 47.6 Å². The van der Waals surface area contributed by atoms with Crippen molar-refractivity contribution in [3.05, 3.63) is 87.9 Å². The van der Waals surface area contributed by atoms with Gasteiger partial charge in [-0.15, -0.1) is 0 Å². The number of hydrogen-bond acceptors (Lipinski definition) is 3. The molecule has 0 saturated carbocycles. The quantitative estimate of drug-likeness (QED) is 0.574. The van der Waals surface area contributed by atoms with Crippen molar-refractivity contribution in [2.24, 2.45) is 0 Å². The Morgan fingerprint density at radius 3 is 2.54 bits per heavy atom. The van der Waals surface area contributed by atoms with E-state index in [1.807, 2.05) is 44.2 Å². The lowest BCUT2D eigenvalue weighted by atomic mass is 10.1. The van der Waals surface area contributed by atoms with E-state index in [0.29, 0.717) is 22.1 Å². The minimum absolute atomic E-state index is 0.185. The molecule has 0 spiro atoms. The first kappa shape index (κ1) is 19.8. The predicted octanol–water partition coefficient (Wildman–Crippen LogP) is 5.80. The van der Waals surface area contributed by atoms with E-state index in [1.54, 1.807) is 37.4 Å². The van der Waals surface area contributed by atoms with Gasteiger partial charge in [0.2, 0.25) is 0 Å². The molecule has 0 heterocycles. The fourth-order valence-electron chi connectivity index (χ4n) is 2.83. The molecule has 0 bridgehead atoms. The van der Waals surface area contributed by atoms with Crippen molar-refractivity contribution >= 4 is 23.2 Å². The second kappa shape index (κ2) is 8.81. The summed E-state index contributed by atoms with van der Waals surface area (Å²) >= 11 is 6.14. The van der Waals surface area contributed by atoms with Crippen molar-refractivity contribution in [1.29, 1.82) is 0 Å². The molecule has 3 aromatic carbocycles. The Morgan fingerprint density at radius 2 is 1.79 bits per heavy atom. The number of methoxy groups -OCH3 is 1. The summed E-state index contributed by atoms with van der Waals surface area (Å²) in [6.45, 7) is 4.24. The number of aryl methyl sites for hydroxylation is 1. The van der Waals surface area contributed by atoms with E-state index in [4.69, 9.17) is 21.1 Å². The molecule has 4 nitrogen and oxygen atoms in total. The third-order valence-corrected chi connectivity index (χ3v) is 4.93. The number of para-hydroxylation sites is 1. The molecule has 0 saturated heterocycles. The highest BCUT2D eigenvalue weighted by Crippen LogP contribution is 2.27. The smallest absolute Gasteiger partial charge is 0.255 e. The van der Waals surface area contributed by atoms with Gasteiger partial charge in [-0.2, -0.15) is 0 Å². The summed E-state index contributed by atoms with van der Waals surface area (Å²) < 4.78 is 11.2. The number of carbonyl (C=O) groups excluding carboxylic acids is 1. The fourth-order valence-corrected chi connectivity index (χ4v) is 3.02. The van der Waals surface area contributed by atoms with Crippen LogP contribution in [0.3, 0.4) is 0 Å². The largest absolute Gasteiger partial charge is 0.496 e. The predicted molar refractivity (Wildman–Crippen MR) is 113 cm³/mol. The summed E-state index contributed by atoms with van der Waals surface area (Å²) in [5.74, 6) is 1.04. The van der Waals surface area contributed by atoms with Gasteiger partial charge < -0.3 is 14.8 Å². The van der Waals surface area contributed by atoms with Crippen LogP contribution in [-0.4, -0.2) is 13.0 Å². The number of anilines is 1. The number of carbonyl (C=O) groups is 1. The van der Waals surface area contributed by atoms with Gasteiger partial charge in [0.05, 0.1) is 12.1 Å². The molecule has 3 aromatic rings. The zero-order chi connectivity index (χ0) is 20.1. The van der Waals surface area contributed by atoms with Gasteiger partial charge in [0.25, 0.3) is 5.91 Å². The molecule has 0 atom stereocenters. The second-order valence-corrected chi connectivity index (χ2v) is 6.85. The summed E-state index contributed by atoms with van der Waals surface area (Å²) in [6, 6.07) is 18.4. The zero-order valence-corrected chi connectivity index (χ0v) is 16.8. The van der Waals surface area contributed by atoms with Gasteiger partial charge in [0, 0.05) is 16.8 Å². The number of hydrogen-bond donors (Lipinski definition) is 1. The van der Waals surface area contributed by atoms with Crippen LogP contribution >= 0.6 is 11.6 Å². The van der Waals surface area contributed by atoms with Crippen LogP contribution in [0.15, 0.2) is 60.7 Å². The highest BCUT2D eigenvalue weighted by molar-refractivity contribution is 6.32. The minimum atomic E-state index is -0.185. The number of ether oxygens (including phenoxy) is 2. The molecule has 0 aromatic heterocycles. The number of amides is 1. The van der Waals surface area contributed by atoms with Gasteiger partial charge in [-0.25, -0.2) is 0 Å². The third kappa shape index (κ3) is 4.46. The molecule has 28 heavy (non-hydrogen) atoms. The molecule has 0 aliphatic rings. The molecule has 0 aliphatic carbocycles. The van der Waals surface area contributed by atoms with Crippen LogP contribution in [0.1, 0.15) is 27.0 Å². The Labute approximate surface area is 170 Å². The van der Waals surface area contributed by atoms with E-state index >= 15 is 0 Å². The number of nitrogens with one attached hydrogen (secondary N) is 1. The van der Waals surface area contributed by atoms with E-state index < -0.39 is 0 Å². The average Bonchev–Trinajstić information content (AvgIpc) is 2.70. The lowest BCUT2D eigenvalue weighted by molar-refractivity contribution is 0.102. The van der Waals surface area contributed by atoms with E-state index in [0.717, 1.165) is 22.4 Å². The van der Waals surface area contributed by atoms with Crippen LogP contribution in [-0.2, 0) is 6.61 Å². The number of benzene rings is 3. The standard InChI is InChI=1S/C23H22ClNO3/c1-15-7-6-9-20(16(15)2)25-23(26)17-11-12-21(27-3)18(13-17)14-28-22-10-5-4-8-19(22)24/h4-13H,14H2,1-3H3,(H,25,26). The van der Waals surface area contributed by atoms with Crippen molar-refractivity contribution in [1.82, 2.24) is 0 Å². The zero-order valence-electron chi connectivity index (χ0n) is 16.1. The average molecular weight is 396 g/mol. The van der Waals surface area contributed by atoms with Gasteiger partial charge in [0.1, 0.15) is 18.1 Å². The molecule has 1 N–H and O–H groups in total. The normalized spacial score (nSPS) is 10.4. The summed E-state index contributed by atoms with van der Waals surface area (Å²) in [4.78, 5) is 12.7. The van der Waals surface area contributed by atoms with Gasteiger partial charge in [-0.05, 0) is 61.4 Å². The van der Waals surface area contributed by atoms with Crippen LogP contribution in [0.2, 0.25) is 5.02 Å². The van der Waals surface area contributed by atoms with Gasteiger partial charge >= 0.3 is 0 Å². The second-order valence-electron chi connectivity index (χ2n) is 6.45. The first-order valence-corrected chi connectivity index (χ1v) is 9.29. The van der Waals surface area contributed by atoms with Crippen LogP contribution in [0, 0.1) is 13.8 Å². The maximum atomic E-state index is 12.7. The molecule has 3 rings (SSSR count). The molecule has 0 aliphatic heterocycles. The Hall–Kier alpha value is -2.98. The maximum Gasteiger partial charge on any atom is 0.255 e. The summed E-state index contributed by atoms with van der Waals surface area (Å²) in [5, 5.41) is 3.51. The van der Waals surface area contributed by atoms with Crippen LogP contribution in [0.25, 0.3) is 0 Å². The highest BCUT2D eigenvalue weighted by Gasteiger charge is 2.13. The van der Waals surface area contributed by atoms with Crippen LogP contribution in [0.5, 0.6) is 11.5 Å². The minimum Gasteiger partial charge on any atom is -0.496 e. The molecule has 0 radical (unpaired) electrons. The van der Waals surface area contributed by atoms with Crippen LogP contribution in [0.4, 0.5) is 5.69 Å². The maximum absolute atomic E-state index is 12.7. The monoisotopic (exact) mass is 395 g/mol. The first-order chi connectivity index (χ1) is 13.5. The molecule has 5 heteroatoms. The van der Waals surface area contributed by atoms with Crippen molar-refractivity contribution in [3.63, 3.8) is 0 Å². The molecule has 144 valence electrons. The number of rotatable bonds is 6. The van der Waals surface area contributed by atoms with Crippen molar-refractivity contribution in [2.45, 2.75) is 20.5 Å². The van der Waals surface area contributed by atoms with Crippen LogP contribution < -0.4 is 14.8 Å². The Balaban J connectivity index is 1.80. The first-order valence-electron chi connectivity index (χ1n) is 8.91.